The minimum atomic E-state index is -0.450. The first-order valence-corrected chi connectivity index (χ1v) is 11.1. The molecule has 0 bridgehead atoms. The number of nitro benzene ring substituents is 1. The van der Waals surface area contributed by atoms with Crippen molar-refractivity contribution in [2.24, 2.45) is 10.2 Å². The van der Waals surface area contributed by atoms with Crippen LogP contribution >= 0.6 is 0 Å². The van der Waals surface area contributed by atoms with Crippen LogP contribution in [-0.4, -0.2) is 24.1 Å². The van der Waals surface area contributed by atoms with Gasteiger partial charge >= 0.3 is 5.97 Å². The highest BCUT2D eigenvalue weighted by Crippen LogP contribution is 2.34. The Bertz CT molecular complexity index is 1190. The lowest BCUT2D eigenvalue weighted by Crippen LogP contribution is -2.06. The van der Waals surface area contributed by atoms with Crippen molar-refractivity contribution in [2.45, 2.75) is 32.6 Å². The van der Waals surface area contributed by atoms with Crippen LogP contribution in [0.1, 0.15) is 32.6 Å². The first kappa shape index (κ1) is 24.6. The highest BCUT2D eigenvalue weighted by atomic mass is 16.6. The van der Waals surface area contributed by atoms with Gasteiger partial charge in [0, 0.05) is 28.5 Å². The van der Waals surface area contributed by atoms with E-state index in [1.807, 2.05) is 36.4 Å². The van der Waals surface area contributed by atoms with Crippen molar-refractivity contribution in [2.75, 3.05) is 13.2 Å². The second-order valence-electron chi connectivity index (χ2n) is 7.78. The Morgan fingerprint density at radius 3 is 2.26 bits per heavy atom. The monoisotopic (exact) mass is 461 g/mol. The summed E-state index contributed by atoms with van der Waals surface area (Å²) in [5, 5.41) is 21.2. The van der Waals surface area contributed by atoms with E-state index in [9.17, 15) is 14.9 Å². The van der Waals surface area contributed by atoms with Gasteiger partial charge < -0.3 is 9.47 Å². The Morgan fingerprint density at radius 1 is 0.912 bits per heavy atom. The smallest absolute Gasteiger partial charge is 0.333 e. The number of nitrogens with zero attached hydrogens (tertiary/aromatic N) is 3. The molecule has 0 aliphatic carbocycles. The van der Waals surface area contributed by atoms with E-state index >= 15 is 0 Å². The van der Waals surface area contributed by atoms with Crippen LogP contribution in [0.25, 0.3) is 10.8 Å². The van der Waals surface area contributed by atoms with Gasteiger partial charge in [-0.3, -0.25) is 10.1 Å². The quantitative estimate of drug-likeness (QED) is 0.0707. The van der Waals surface area contributed by atoms with Gasteiger partial charge in [-0.2, -0.15) is 5.11 Å². The summed E-state index contributed by atoms with van der Waals surface area (Å²) < 4.78 is 11.1. The average molecular weight is 462 g/mol. The topological polar surface area (TPSA) is 103 Å². The number of carbonyl (C=O) groups is 1. The van der Waals surface area contributed by atoms with E-state index in [1.165, 1.54) is 12.1 Å². The highest BCUT2D eigenvalue weighted by Gasteiger charge is 2.08. The van der Waals surface area contributed by atoms with Crippen molar-refractivity contribution in [3.63, 3.8) is 0 Å². The number of non-ortho nitro benzene ring substituents is 1. The summed E-state index contributed by atoms with van der Waals surface area (Å²) >= 11 is 0. The lowest BCUT2D eigenvalue weighted by Gasteiger charge is -2.11. The Kier molecular flexibility index (Phi) is 8.85. The number of hydrogen-bond acceptors (Lipinski definition) is 7. The zero-order valence-corrected chi connectivity index (χ0v) is 19.1. The van der Waals surface area contributed by atoms with Crippen molar-refractivity contribution in [1.82, 2.24) is 0 Å². The Morgan fingerprint density at radius 2 is 1.59 bits per heavy atom. The van der Waals surface area contributed by atoms with Crippen LogP contribution < -0.4 is 4.74 Å². The summed E-state index contributed by atoms with van der Waals surface area (Å²) in [6.45, 7) is 6.19. The van der Waals surface area contributed by atoms with Gasteiger partial charge in [0.15, 0.2) is 0 Å². The number of hydrogen-bond donors (Lipinski definition) is 0. The molecule has 3 aromatic rings. The Hall–Kier alpha value is -4.07. The van der Waals surface area contributed by atoms with Crippen LogP contribution in [0.4, 0.5) is 17.1 Å². The third kappa shape index (κ3) is 6.96. The number of fused-ring (bicyclic) bond motifs is 1. The van der Waals surface area contributed by atoms with Crippen molar-refractivity contribution >= 4 is 33.8 Å². The van der Waals surface area contributed by atoms with Crippen molar-refractivity contribution < 1.29 is 19.2 Å². The normalized spacial score (nSPS) is 11.0. The third-order valence-corrected chi connectivity index (χ3v) is 5.07. The number of azo groups is 1. The standard InChI is InChI=1S/C26H27N3O5/c1-19(2)26(30)34-18-8-4-3-7-17-33-25-16-15-24(22-9-5-6-10-23(22)25)28-27-20-11-13-21(14-12-20)29(31)32/h5-6,9-16H,1,3-4,7-8,17-18H2,2H3. The molecule has 3 aromatic carbocycles. The molecule has 0 aromatic heterocycles. The molecule has 0 atom stereocenters. The fourth-order valence-corrected chi connectivity index (χ4v) is 3.25. The van der Waals surface area contributed by atoms with Crippen molar-refractivity contribution in [1.29, 1.82) is 0 Å². The second-order valence-corrected chi connectivity index (χ2v) is 7.78. The predicted molar refractivity (Wildman–Crippen MR) is 131 cm³/mol. The van der Waals surface area contributed by atoms with Crippen molar-refractivity contribution in [3.05, 3.63) is 82.9 Å². The number of benzene rings is 3. The fourth-order valence-electron chi connectivity index (χ4n) is 3.25. The van der Waals surface area contributed by atoms with E-state index < -0.39 is 4.92 Å². The molecule has 0 spiro atoms. The minimum Gasteiger partial charge on any atom is -0.493 e. The maximum Gasteiger partial charge on any atom is 0.333 e. The van der Waals surface area contributed by atoms with Crippen LogP contribution in [0.3, 0.4) is 0 Å². The van der Waals surface area contributed by atoms with Crippen LogP contribution in [0, 0.1) is 10.1 Å². The Balaban J connectivity index is 1.54. The summed E-state index contributed by atoms with van der Waals surface area (Å²) in [7, 11) is 0. The van der Waals surface area contributed by atoms with Gasteiger partial charge in [-0.15, -0.1) is 5.11 Å². The molecular formula is C26H27N3O5. The molecule has 0 amide bonds. The lowest BCUT2D eigenvalue weighted by molar-refractivity contribution is -0.384. The average Bonchev–Trinajstić information content (AvgIpc) is 2.84. The summed E-state index contributed by atoms with van der Waals surface area (Å²) in [5.41, 5.74) is 1.64. The van der Waals surface area contributed by atoms with Crippen LogP contribution in [0.2, 0.25) is 0 Å². The van der Waals surface area contributed by atoms with Crippen LogP contribution in [0.5, 0.6) is 5.75 Å². The molecule has 8 heteroatoms. The van der Waals surface area contributed by atoms with Crippen LogP contribution in [-0.2, 0) is 9.53 Å². The zero-order valence-electron chi connectivity index (χ0n) is 19.1. The molecule has 3 rings (SSSR count). The maximum atomic E-state index is 11.3. The van der Waals surface area contributed by atoms with Gasteiger partial charge in [0.2, 0.25) is 0 Å². The Labute approximate surface area is 198 Å². The summed E-state index contributed by atoms with van der Waals surface area (Å²) in [6, 6.07) is 17.5. The highest BCUT2D eigenvalue weighted by molar-refractivity contribution is 5.96. The van der Waals surface area contributed by atoms with E-state index in [1.54, 1.807) is 19.1 Å². The SMILES string of the molecule is C=C(C)C(=O)OCCCCCCOc1ccc(N=Nc2ccc([N+](=O)[O-])cc2)c2ccccc12. The number of carbonyl (C=O) groups excluding carboxylic acids is 1. The molecule has 0 saturated heterocycles. The third-order valence-electron chi connectivity index (χ3n) is 5.07. The molecule has 0 saturated carbocycles. The summed E-state index contributed by atoms with van der Waals surface area (Å²) in [4.78, 5) is 21.7. The molecule has 0 N–H and O–H groups in total. The van der Waals surface area contributed by atoms with Crippen LogP contribution in [0.15, 0.2) is 83.0 Å². The molecule has 0 heterocycles. The van der Waals surface area contributed by atoms with Crippen molar-refractivity contribution in [3.8, 4) is 5.75 Å². The van der Waals surface area contributed by atoms with E-state index in [0.29, 0.717) is 30.2 Å². The van der Waals surface area contributed by atoms with E-state index in [0.717, 1.165) is 42.2 Å². The number of nitro groups is 1. The number of ether oxygens (including phenoxy) is 2. The van der Waals surface area contributed by atoms with E-state index in [4.69, 9.17) is 9.47 Å². The number of rotatable bonds is 12. The molecule has 0 aliphatic rings. The second kappa shape index (κ2) is 12.2. The molecule has 176 valence electrons. The van der Waals surface area contributed by atoms with E-state index in [2.05, 4.69) is 16.8 Å². The molecule has 34 heavy (non-hydrogen) atoms. The largest absolute Gasteiger partial charge is 0.493 e. The van der Waals surface area contributed by atoms with Gasteiger partial charge in [-0.25, -0.2) is 4.79 Å². The summed E-state index contributed by atoms with van der Waals surface area (Å²) in [6.07, 6.45) is 3.64. The van der Waals surface area contributed by atoms with E-state index in [-0.39, 0.29) is 11.7 Å². The molecule has 8 nitrogen and oxygen atoms in total. The molecule has 0 unspecified atom stereocenters. The number of unbranched alkanes of at least 4 members (excludes halogenated alkanes) is 3. The maximum absolute atomic E-state index is 11.3. The lowest BCUT2D eigenvalue weighted by atomic mass is 10.1. The fraction of sp³-hybridized carbons (Fsp3) is 0.269. The van der Waals surface area contributed by atoms with Gasteiger partial charge in [0.25, 0.3) is 5.69 Å². The summed E-state index contributed by atoms with van der Waals surface area (Å²) in [5.74, 6) is 0.436. The van der Waals surface area contributed by atoms with Gasteiger partial charge in [0.05, 0.1) is 29.5 Å². The number of esters is 1. The zero-order chi connectivity index (χ0) is 24.3. The molecule has 0 aliphatic heterocycles. The van der Waals surface area contributed by atoms with Gasteiger partial charge in [0.1, 0.15) is 5.75 Å². The van der Waals surface area contributed by atoms with Gasteiger partial charge in [-0.1, -0.05) is 30.8 Å². The first-order chi connectivity index (χ1) is 16.5. The van der Waals surface area contributed by atoms with Gasteiger partial charge in [-0.05, 0) is 56.9 Å². The molecular weight excluding hydrogens is 434 g/mol. The molecule has 0 fully saturated rings. The minimum absolute atomic E-state index is 0.0112. The molecule has 0 radical (unpaired) electrons. The predicted octanol–water partition coefficient (Wildman–Crippen LogP) is 7.22. The first-order valence-electron chi connectivity index (χ1n) is 11.1.